The van der Waals surface area contributed by atoms with Crippen LogP contribution in [0.1, 0.15) is 105 Å². The first kappa shape index (κ1) is 32.9. The smallest absolute Gasteiger partial charge is 0.338 e. The van der Waals surface area contributed by atoms with Crippen LogP contribution in [0.2, 0.25) is 0 Å². The van der Waals surface area contributed by atoms with E-state index in [-0.39, 0.29) is 5.97 Å². The minimum Gasteiger partial charge on any atom is -0.493 e. The summed E-state index contributed by atoms with van der Waals surface area (Å²) in [5.41, 5.74) is 2.84. The van der Waals surface area contributed by atoms with Crippen LogP contribution in [0.15, 0.2) is 77.4 Å². The molecule has 5 heteroatoms. The van der Waals surface area contributed by atoms with E-state index in [9.17, 15) is 9.59 Å². The normalized spacial score (nSPS) is 12.0. The summed E-state index contributed by atoms with van der Waals surface area (Å²) in [5.74, 6) is 2.34. The second-order valence-electron chi connectivity index (χ2n) is 11.0. The maximum atomic E-state index is 12.2. The molecule has 0 fully saturated rings. The van der Waals surface area contributed by atoms with Crippen LogP contribution >= 0.6 is 0 Å². The first-order valence-electron chi connectivity index (χ1n) is 15.8. The summed E-state index contributed by atoms with van der Waals surface area (Å²) in [6.07, 6.45) is 17.2. The number of furan rings is 1. The van der Waals surface area contributed by atoms with Crippen LogP contribution in [0, 0.1) is 5.92 Å². The summed E-state index contributed by atoms with van der Waals surface area (Å²) in [7, 11) is 0. The fourth-order valence-electron chi connectivity index (χ4n) is 4.96. The Labute approximate surface area is 252 Å². The van der Waals surface area contributed by atoms with Crippen molar-refractivity contribution in [1.29, 1.82) is 0 Å². The van der Waals surface area contributed by atoms with Crippen LogP contribution in [0.5, 0.6) is 5.75 Å². The molecule has 42 heavy (non-hydrogen) atoms. The zero-order chi connectivity index (χ0) is 29.8. The lowest BCUT2D eigenvalue weighted by molar-refractivity contribution is -0.119. The Balaban J connectivity index is 1.58. The molecule has 0 aliphatic carbocycles. The quantitative estimate of drug-likeness (QED) is 0.0939. The van der Waals surface area contributed by atoms with Crippen molar-refractivity contribution in [2.45, 2.75) is 90.9 Å². The summed E-state index contributed by atoms with van der Waals surface area (Å²) in [4.78, 5) is 24.2. The highest BCUT2D eigenvalue weighted by atomic mass is 16.5. The van der Waals surface area contributed by atoms with Gasteiger partial charge in [-0.2, -0.15) is 0 Å². The van der Waals surface area contributed by atoms with Crippen LogP contribution in [0.25, 0.3) is 6.08 Å². The number of aryl methyl sites for hydroxylation is 1. The van der Waals surface area contributed by atoms with Crippen LogP contribution in [-0.4, -0.2) is 25.0 Å². The number of benzene rings is 2. The van der Waals surface area contributed by atoms with Crippen LogP contribution in [-0.2, 0) is 22.4 Å². The highest BCUT2D eigenvalue weighted by Crippen LogP contribution is 2.24. The first-order valence-corrected chi connectivity index (χ1v) is 15.8. The van der Waals surface area contributed by atoms with Gasteiger partial charge in [-0.05, 0) is 93.2 Å². The number of hydrogen-bond donors (Lipinski definition) is 0. The van der Waals surface area contributed by atoms with Gasteiger partial charge >= 0.3 is 5.97 Å². The van der Waals surface area contributed by atoms with Gasteiger partial charge < -0.3 is 13.9 Å². The van der Waals surface area contributed by atoms with Crippen LogP contribution in [0.3, 0.4) is 0 Å². The second-order valence-corrected chi connectivity index (χ2v) is 11.0. The minimum atomic E-state index is -0.272. The Hall–Kier alpha value is -3.60. The molecule has 0 aliphatic heterocycles. The van der Waals surface area contributed by atoms with E-state index < -0.39 is 0 Å². The Morgan fingerprint density at radius 3 is 2.43 bits per heavy atom. The number of rotatable bonds is 21. The third-order valence-electron chi connectivity index (χ3n) is 7.31. The summed E-state index contributed by atoms with van der Waals surface area (Å²) in [5, 5.41) is 0. The molecule has 226 valence electrons. The lowest BCUT2D eigenvalue weighted by atomic mass is 9.92. The number of Topliss-reactive ketones (excluding diaryl/α,β-unsaturated/α-hetero) is 1. The van der Waals surface area contributed by atoms with Gasteiger partial charge in [-0.25, -0.2) is 4.79 Å². The molecule has 0 amide bonds. The molecule has 0 saturated carbocycles. The number of hydrogen-bond acceptors (Lipinski definition) is 5. The zero-order valence-electron chi connectivity index (χ0n) is 25.5. The zero-order valence-corrected chi connectivity index (χ0v) is 25.5. The van der Waals surface area contributed by atoms with Gasteiger partial charge in [-0.1, -0.05) is 62.8 Å². The minimum absolute atomic E-state index is 0.272. The van der Waals surface area contributed by atoms with Crippen LogP contribution < -0.4 is 4.74 Å². The second kappa shape index (κ2) is 19.5. The van der Waals surface area contributed by atoms with Crippen molar-refractivity contribution >= 4 is 17.8 Å². The van der Waals surface area contributed by atoms with E-state index in [1.54, 1.807) is 6.26 Å². The van der Waals surface area contributed by atoms with Gasteiger partial charge in [0.2, 0.25) is 0 Å². The maximum absolute atomic E-state index is 12.2. The monoisotopic (exact) mass is 572 g/mol. The van der Waals surface area contributed by atoms with Crippen molar-refractivity contribution in [2.75, 3.05) is 13.2 Å². The molecule has 1 atom stereocenters. The molecular weight excluding hydrogens is 524 g/mol. The third-order valence-corrected chi connectivity index (χ3v) is 7.31. The average Bonchev–Trinajstić information content (AvgIpc) is 3.53. The Bertz CT molecular complexity index is 1190. The van der Waals surface area contributed by atoms with Gasteiger partial charge in [0.15, 0.2) is 0 Å². The van der Waals surface area contributed by atoms with Gasteiger partial charge in [-0.3, -0.25) is 4.79 Å². The average molecular weight is 573 g/mol. The van der Waals surface area contributed by atoms with Crippen molar-refractivity contribution in [1.82, 2.24) is 0 Å². The lowest BCUT2D eigenvalue weighted by Crippen LogP contribution is -2.07. The Kier molecular flexibility index (Phi) is 15.3. The van der Waals surface area contributed by atoms with Crippen molar-refractivity contribution < 1.29 is 23.5 Å². The van der Waals surface area contributed by atoms with Crippen molar-refractivity contribution in [3.8, 4) is 5.75 Å². The number of carbonyl (C=O) groups is 2. The van der Waals surface area contributed by atoms with E-state index in [1.165, 1.54) is 5.56 Å². The summed E-state index contributed by atoms with van der Waals surface area (Å²) >= 11 is 0. The molecule has 3 rings (SSSR count). The number of unbranched alkanes of at least 4 members (excludes halogenated alkanes) is 3. The molecular formula is C37H48O5. The molecule has 0 radical (unpaired) electrons. The molecule has 0 saturated heterocycles. The standard InChI is InChI=1S/C37H48O5/c1-3-13-34(38)16-9-7-14-30(29-31-21-24-33(25-22-31)37(39)42-26-4-2)20-23-32-15-8-10-19-36(32)41-27-11-5-6-17-35-18-12-28-40-35/h8,10,12,15,18-25,28,30H,3-7,9,11,13-14,16-17,26-27,29H2,1-2H3/b23-20+. The molecule has 0 N–H and O–H groups in total. The van der Waals surface area contributed by atoms with Crippen LogP contribution in [0.4, 0.5) is 0 Å². The number of allylic oxidation sites excluding steroid dienone is 1. The fourth-order valence-corrected chi connectivity index (χ4v) is 4.96. The number of ketones is 1. The number of esters is 1. The maximum Gasteiger partial charge on any atom is 0.338 e. The number of carbonyl (C=O) groups excluding carboxylic acids is 2. The fraction of sp³-hybridized carbons (Fsp3) is 0.459. The third kappa shape index (κ3) is 12.5. The molecule has 0 bridgehead atoms. The van der Waals surface area contributed by atoms with E-state index in [0.717, 1.165) is 81.3 Å². The van der Waals surface area contributed by atoms with Gasteiger partial charge in [-0.15, -0.1) is 0 Å². The highest BCUT2D eigenvalue weighted by Gasteiger charge is 2.11. The van der Waals surface area contributed by atoms with E-state index in [1.807, 2.05) is 61.5 Å². The van der Waals surface area contributed by atoms with E-state index in [0.29, 0.717) is 43.3 Å². The van der Waals surface area contributed by atoms with Gasteiger partial charge in [0, 0.05) is 24.8 Å². The largest absolute Gasteiger partial charge is 0.493 e. The van der Waals surface area contributed by atoms with Crippen molar-refractivity contribution in [3.63, 3.8) is 0 Å². The molecule has 3 aromatic rings. The molecule has 1 heterocycles. The predicted octanol–water partition coefficient (Wildman–Crippen LogP) is 9.44. The summed E-state index contributed by atoms with van der Waals surface area (Å²) in [6.45, 7) is 5.16. The van der Waals surface area contributed by atoms with Gasteiger partial charge in [0.25, 0.3) is 0 Å². The van der Waals surface area contributed by atoms with E-state index >= 15 is 0 Å². The topological polar surface area (TPSA) is 65.7 Å². The number of ether oxygens (including phenoxy) is 2. The molecule has 1 unspecified atom stereocenters. The molecule has 5 nitrogen and oxygen atoms in total. The molecule has 2 aromatic carbocycles. The number of para-hydroxylation sites is 1. The SMILES string of the molecule is CCCOC(=O)c1ccc(CC(/C=C/c2ccccc2OCCCCCc2ccco2)CCCCC(=O)CCC)cc1. The van der Waals surface area contributed by atoms with Crippen molar-refractivity contribution in [3.05, 3.63) is 95.5 Å². The Morgan fingerprint density at radius 1 is 0.833 bits per heavy atom. The van der Waals surface area contributed by atoms with E-state index in [2.05, 4.69) is 25.1 Å². The van der Waals surface area contributed by atoms with Gasteiger partial charge in [0.05, 0.1) is 25.0 Å². The Morgan fingerprint density at radius 2 is 1.67 bits per heavy atom. The van der Waals surface area contributed by atoms with Crippen molar-refractivity contribution in [2.24, 2.45) is 5.92 Å². The predicted molar refractivity (Wildman–Crippen MR) is 170 cm³/mol. The summed E-state index contributed by atoms with van der Waals surface area (Å²) < 4.78 is 16.9. The lowest BCUT2D eigenvalue weighted by Gasteiger charge is -2.14. The van der Waals surface area contributed by atoms with E-state index in [4.69, 9.17) is 13.9 Å². The first-order chi connectivity index (χ1) is 20.6. The molecule has 1 aromatic heterocycles. The highest BCUT2D eigenvalue weighted by molar-refractivity contribution is 5.89. The summed E-state index contributed by atoms with van der Waals surface area (Å²) in [6, 6.07) is 19.9. The molecule has 0 spiro atoms. The molecule has 0 aliphatic rings. The van der Waals surface area contributed by atoms with Gasteiger partial charge in [0.1, 0.15) is 17.3 Å².